The molecule has 1 atom stereocenters. The Balaban J connectivity index is 1.68. The minimum Gasteiger partial charge on any atom is -0.493 e. The summed E-state index contributed by atoms with van der Waals surface area (Å²) in [4.78, 5) is 26.4. The molecule has 2 aromatic carbocycles. The smallest absolute Gasteiger partial charge is 0.340 e. The lowest BCUT2D eigenvalue weighted by Crippen LogP contribution is -2.29. The van der Waals surface area contributed by atoms with Crippen LogP contribution in [0.15, 0.2) is 42.5 Å². The first-order chi connectivity index (χ1) is 13.5. The molecule has 1 heterocycles. The second-order valence-corrected chi connectivity index (χ2v) is 6.84. The molecule has 1 unspecified atom stereocenters. The van der Waals surface area contributed by atoms with Gasteiger partial charge in [-0.1, -0.05) is 18.2 Å². The van der Waals surface area contributed by atoms with E-state index in [9.17, 15) is 14.0 Å². The van der Waals surface area contributed by atoms with Crippen molar-refractivity contribution in [3.05, 3.63) is 65.0 Å². The van der Waals surface area contributed by atoms with Gasteiger partial charge in [-0.15, -0.1) is 0 Å². The topological polar surface area (TPSA) is 55.8 Å². The van der Waals surface area contributed by atoms with Gasteiger partial charge in [0.1, 0.15) is 11.6 Å². The highest BCUT2D eigenvalue weighted by Crippen LogP contribution is 2.26. The summed E-state index contributed by atoms with van der Waals surface area (Å²) in [7, 11) is 1.23. The van der Waals surface area contributed by atoms with Gasteiger partial charge in [-0.05, 0) is 55.5 Å². The Hall–Kier alpha value is -2.89. The Kier molecular flexibility index (Phi) is 6.29. The summed E-state index contributed by atoms with van der Waals surface area (Å²) in [6.45, 7) is 3.66. The predicted octanol–water partition coefficient (Wildman–Crippen LogP) is 3.72. The van der Waals surface area contributed by atoms with Gasteiger partial charge < -0.3 is 14.4 Å². The predicted molar refractivity (Wildman–Crippen MR) is 103 cm³/mol. The van der Waals surface area contributed by atoms with E-state index < -0.39 is 11.8 Å². The quantitative estimate of drug-likeness (QED) is 0.712. The Bertz CT molecular complexity index is 867. The normalized spacial score (nSPS) is 16.1. The van der Waals surface area contributed by atoms with Crippen molar-refractivity contribution in [2.24, 2.45) is 5.92 Å². The fourth-order valence-electron chi connectivity index (χ4n) is 3.58. The van der Waals surface area contributed by atoms with E-state index in [1.807, 2.05) is 24.0 Å². The number of amides is 1. The van der Waals surface area contributed by atoms with Crippen molar-refractivity contribution in [3.8, 4) is 5.75 Å². The van der Waals surface area contributed by atoms with Crippen LogP contribution >= 0.6 is 0 Å². The molecular formula is C22H24FNO4. The van der Waals surface area contributed by atoms with E-state index in [0.717, 1.165) is 12.0 Å². The van der Waals surface area contributed by atoms with Crippen LogP contribution in [0.25, 0.3) is 0 Å². The van der Waals surface area contributed by atoms with Crippen molar-refractivity contribution >= 4 is 11.9 Å². The molecule has 3 rings (SSSR count). The maximum absolute atomic E-state index is 13.8. The number of carbonyl (C=O) groups excluding carboxylic acids is 2. The first-order valence-corrected chi connectivity index (χ1v) is 9.41. The summed E-state index contributed by atoms with van der Waals surface area (Å²) < 4.78 is 24.0. The van der Waals surface area contributed by atoms with Crippen LogP contribution in [-0.4, -0.2) is 43.6 Å². The van der Waals surface area contributed by atoms with Gasteiger partial charge in [0.25, 0.3) is 5.91 Å². The molecule has 0 spiro atoms. The summed E-state index contributed by atoms with van der Waals surface area (Å²) >= 11 is 0. The zero-order valence-electron chi connectivity index (χ0n) is 16.1. The first kappa shape index (κ1) is 19.9. The number of benzene rings is 2. The number of methoxy groups -OCH3 is 1. The molecule has 2 aromatic rings. The van der Waals surface area contributed by atoms with Crippen LogP contribution in [0.5, 0.6) is 5.75 Å². The van der Waals surface area contributed by atoms with E-state index >= 15 is 0 Å². The van der Waals surface area contributed by atoms with Crippen LogP contribution in [0, 0.1) is 11.7 Å². The number of hydrogen-bond donors (Lipinski definition) is 0. The minimum atomic E-state index is -0.685. The number of carbonyl (C=O) groups is 2. The summed E-state index contributed by atoms with van der Waals surface area (Å²) in [6.07, 6.45) is 1.52. The number of para-hydroxylation sites is 1. The molecule has 1 aliphatic rings. The molecule has 1 saturated heterocycles. The van der Waals surface area contributed by atoms with Crippen molar-refractivity contribution in [2.75, 3.05) is 26.8 Å². The number of rotatable bonds is 6. The van der Waals surface area contributed by atoms with E-state index in [1.165, 1.54) is 19.2 Å². The second kappa shape index (κ2) is 8.87. The van der Waals surface area contributed by atoms with Gasteiger partial charge in [-0.3, -0.25) is 4.79 Å². The molecule has 0 aliphatic carbocycles. The summed E-state index contributed by atoms with van der Waals surface area (Å²) in [5.41, 5.74) is 1.37. The second-order valence-electron chi connectivity index (χ2n) is 6.84. The molecule has 1 aliphatic heterocycles. The summed E-state index contributed by atoms with van der Waals surface area (Å²) in [5, 5.41) is 0. The van der Waals surface area contributed by atoms with Crippen molar-refractivity contribution in [2.45, 2.75) is 19.8 Å². The minimum absolute atomic E-state index is 0.0408. The van der Waals surface area contributed by atoms with E-state index in [1.54, 1.807) is 18.2 Å². The highest BCUT2D eigenvalue weighted by Gasteiger charge is 2.28. The number of likely N-dealkylation sites (tertiary alicyclic amines) is 1. The molecule has 6 heteroatoms. The third-order valence-corrected chi connectivity index (χ3v) is 4.95. The van der Waals surface area contributed by atoms with Crippen molar-refractivity contribution < 1.29 is 23.5 Å². The number of nitrogens with zero attached hydrogens (tertiary/aromatic N) is 1. The molecule has 5 nitrogen and oxygen atoms in total. The molecule has 28 heavy (non-hydrogen) atoms. The molecular weight excluding hydrogens is 361 g/mol. The maximum atomic E-state index is 13.8. The van der Waals surface area contributed by atoms with Gasteiger partial charge in [-0.25, -0.2) is 9.18 Å². The largest absolute Gasteiger partial charge is 0.493 e. The standard InChI is InChI=1S/C22H24FNO4/c1-3-28-20-7-5-4-6-17(20)21(25)24-11-10-16(14-24)12-15-8-9-19(23)18(13-15)22(26)27-2/h4-9,13,16H,3,10-12,14H2,1-2H3. The third kappa shape index (κ3) is 4.32. The number of hydrogen-bond acceptors (Lipinski definition) is 4. The van der Waals surface area contributed by atoms with Crippen LogP contribution < -0.4 is 4.74 Å². The van der Waals surface area contributed by atoms with Gasteiger partial charge in [0.2, 0.25) is 0 Å². The van der Waals surface area contributed by atoms with Crippen LogP contribution in [0.4, 0.5) is 4.39 Å². The fraction of sp³-hybridized carbons (Fsp3) is 0.364. The van der Waals surface area contributed by atoms with Crippen LogP contribution in [0.1, 0.15) is 39.6 Å². The lowest BCUT2D eigenvalue weighted by atomic mass is 9.97. The molecule has 1 amide bonds. The molecule has 0 N–H and O–H groups in total. The highest BCUT2D eigenvalue weighted by atomic mass is 19.1. The molecule has 0 saturated carbocycles. The summed E-state index contributed by atoms with van der Waals surface area (Å²) in [5.74, 6) is -0.471. The van der Waals surface area contributed by atoms with Gasteiger partial charge in [0, 0.05) is 13.1 Å². The van der Waals surface area contributed by atoms with Crippen LogP contribution in [0.2, 0.25) is 0 Å². The van der Waals surface area contributed by atoms with Gasteiger partial charge >= 0.3 is 5.97 Å². The number of esters is 1. The van der Waals surface area contributed by atoms with Crippen LogP contribution in [-0.2, 0) is 11.2 Å². The highest BCUT2D eigenvalue weighted by molar-refractivity contribution is 5.97. The van der Waals surface area contributed by atoms with E-state index in [0.29, 0.717) is 37.4 Å². The zero-order valence-corrected chi connectivity index (χ0v) is 16.1. The van der Waals surface area contributed by atoms with Crippen molar-refractivity contribution in [1.82, 2.24) is 4.90 Å². The Morgan fingerprint density at radius 2 is 1.96 bits per heavy atom. The molecule has 0 radical (unpaired) electrons. The van der Waals surface area contributed by atoms with Crippen molar-refractivity contribution in [3.63, 3.8) is 0 Å². The number of halogens is 1. The van der Waals surface area contributed by atoms with Crippen LogP contribution in [0.3, 0.4) is 0 Å². The number of ether oxygens (including phenoxy) is 2. The Morgan fingerprint density at radius 1 is 1.18 bits per heavy atom. The Labute approximate surface area is 164 Å². The third-order valence-electron chi connectivity index (χ3n) is 4.95. The SMILES string of the molecule is CCOc1ccccc1C(=O)N1CCC(Cc2ccc(F)c(C(=O)OC)c2)C1. The average molecular weight is 385 g/mol. The lowest BCUT2D eigenvalue weighted by Gasteiger charge is -2.18. The fourth-order valence-corrected chi connectivity index (χ4v) is 3.58. The monoisotopic (exact) mass is 385 g/mol. The molecule has 0 aromatic heterocycles. The maximum Gasteiger partial charge on any atom is 0.340 e. The van der Waals surface area contributed by atoms with E-state index in [2.05, 4.69) is 4.74 Å². The molecule has 148 valence electrons. The van der Waals surface area contributed by atoms with E-state index in [4.69, 9.17) is 4.74 Å². The molecule has 0 bridgehead atoms. The Morgan fingerprint density at radius 3 is 2.71 bits per heavy atom. The first-order valence-electron chi connectivity index (χ1n) is 9.41. The summed E-state index contributed by atoms with van der Waals surface area (Å²) in [6, 6.07) is 11.8. The lowest BCUT2D eigenvalue weighted by molar-refractivity contribution is 0.0595. The van der Waals surface area contributed by atoms with E-state index in [-0.39, 0.29) is 17.4 Å². The van der Waals surface area contributed by atoms with Gasteiger partial charge in [0.15, 0.2) is 0 Å². The zero-order chi connectivity index (χ0) is 20.1. The average Bonchev–Trinajstić information content (AvgIpc) is 3.17. The molecule has 1 fully saturated rings. The van der Waals surface area contributed by atoms with Crippen molar-refractivity contribution in [1.29, 1.82) is 0 Å². The van der Waals surface area contributed by atoms with Gasteiger partial charge in [-0.2, -0.15) is 0 Å². The van der Waals surface area contributed by atoms with Gasteiger partial charge in [0.05, 0.1) is 24.8 Å².